The Bertz CT molecular complexity index is 459. The minimum atomic E-state index is 0.261. The van der Waals surface area contributed by atoms with Crippen LogP contribution in [-0.4, -0.2) is 24.3 Å². The normalized spacial score (nSPS) is 10.8. The fourth-order valence-corrected chi connectivity index (χ4v) is 1.74. The Balaban J connectivity index is 2.25. The first kappa shape index (κ1) is 10.2. The molecule has 0 atom stereocenters. The summed E-state index contributed by atoms with van der Waals surface area (Å²) in [4.78, 5) is 8.20. The van der Waals surface area contributed by atoms with Crippen molar-refractivity contribution in [3.63, 3.8) is 0 Å². The summed E-state index contributed by atoms with van der Waals surface area (Å²) in [5.74, 6) is 1.19. The van der Waals surface area contributed by atoms with Crippen molar-refractivity contribution in [1.29, 1.82) is 0 Å². The number of nitrogens with two attached hydrogens (primary N) is 1. The summed E-state index contributed by atoms with van der Waals surface area (Å²) in [5, 5.41) is 4.04. The second-order valence-corrected chi connectivity index (χ2v) is 3.74. The summed E-state index contributed by atoms with van der Waals surface area (Å²) in [5.41, 5.74) is 5.48. The molecule has 0 unspecified atom stereocenters. The number of rotatable bonds is 3. The van der Waals surface area contributed by atoms with E-state index in [9.17, 15) is 0 Å². The molecular weight excluding hydrogens is 260 g/mol. The molecule has 0 fully saturated rings. The van der Waals surface area contributed by atoms with Gasteiger partial charge in [-0.2, -0.15) is 4.98 Å². The minimum Gasteiger partial charge on any atom is -0.366 e. The van der Waals surface area contributed by atoms with Gasteiger partial charge in [-0.1, -0.05) is 0 Å². The predicted octanol–water partition coefficient (Wildman–Crippen LogP) is 0.887. The molecule has 2 N–H and O–H groups in total. The maximum absolute atomic E-state index is 5.48. The molecule has 15 heavy (non-hydrogen) atoms. The first-order valence-corrected chi connectivity index (χ1v) is 5.36. The molecule has 2 aromatic heterocycles. The molecule has 7 heteroatoms. The number of nitrogens with zero attached hydrogens (tertiary/aromatic N) is 5. The highest BCUT2D eigenvalue weighted by Gasteiger charge is 2.08. The van der Waals surface area contributed by atoms with Crippen LogP contribution < -0.4 is 5.73 Å². The van der Waals surface area contributed by atoms with Crippen LogP contribution in [0.5, 0.6) is 0 Å². The first-order chi connectivity index (χ1) is 7.20. The van der Waals surface area contributed by atoms with Crippen molar-refractivity contribution >= 4 is 21.9 Å². The Labute approximate surface area is 95.3 Å². The van der Waals surface area contributed by atoms with Gasteiger partial charge in [-0.15, -0.1) is 5.10 Å². The number of nitrogen functional groups attached to an aromatic ring is 1. The van der Waals surface area contributed by atoms with E-state index < -0.39 is 0 Å². The van der Waals surface area contributed by atoms with Crippen LogP contribution >= 0.6 is 15.9 Å². The molecule has 0 radical (unpaired) electrons. The molecule has 0 saturated carbocycles. The highest BCUT2D eigenvalue weighted by atomic mass is 79.9. The van der Waals surface area contributed by atoms with Crippen LogP contribution in [0.1, 0.15) is 12.7 Å². The average Bonchev–Trinajstić information content (AvgIpc) is 2.74. The lowest BCUT2D eigenvalue weighted by Crippen LogP contribution is -2.09. The van der Waals surface area contributed by atoms with Gasteiger partial charge in [-0.25, -0.2) is 9.67 Å². The van der Waals surface area contributed by atoms with Crippen LogP contribution in [0, 0.1) is 0 Å². The summed E-state index contributed by atoms with van der Waals surface area (Å²) in [6.07, 6.45) is 3.70. The smallest absolute Gasteiger partial charge is 0.240 e. The Hall–Kier alpha value is -1.37. The molecule has 0 aromatic carbocycles. The lowest BCUT2D eigenvalue weighted by Gasteiger charge is -2.04. The molecule has 0 saturated heterocycles. The molecular formula is C8H11BrN6. The predicted molar refractivity (Wildman–Crippen MR) is 59.1 cm³/mol. The van der Waals surface area contributed by atoms with Crippen molar-refractivity contribution < 1.29 is 0 Å². The van der Waals surface area contributed by atoms with Crippen molar-refractivity contribution in [3.05, 3.63) is 23.0 Å². The van der Waals surface area contributed by atoms with Crippen LogP contribution in [0.25, 0.3) is 0 Å². The molecule has 2 rings (SSSR count). The molecule has 2 aromatic rings. The zero-order valence-corrected chi connectivity index (χ0v) is 9.85. The average molecular weight is 271 g/mol. The van der Waals surface area contributed by atoms with E-state index in [2.05, 4.69) is 37.9 Å². The Morgan fingerprint density at radius 2 is 2.33 bits per heavy atom. The van der Waals surface area contributed by atoms with Gasteiger partial charge in [-0.05, 0) is 22.9 Å². The van der Waals surface area contributed by atoms with E-state index in [-0.39, 0.29) is 5.95 Å². The van der Waals surface area contributed by atoms with Gasteiger partial charge in [-0.3, -0.25) is 0 Å². The highest BCUT2D eigenvalue weighted by molar-refractivity contribution is 9.10. The maximum Gasteiger partial charge on any atom is 0.240 e. The van der Waals surface area contributed by atoms with Crippen LogP contribution in [0.2, 0.25) is 0 Å². The van der Waals surface area contributed by atoms with Gasteiger partial charge in [0, 0.05) is 18.9 Å². The highest BCUT2D eigenvalue weighted by Crippen LogP contribution is 2.10. The third-order valence-electron chi connectivity index (χ3n) is 2.08. The number of aromatic nitrogens is 5. The van der Waals surface area contributed by atoms with Gasteiger partial charge in [0.1, 0.15) is 12.4 Å². The Morgan fingerprint density at radius 1 is 1.53 bits per heavy atom. The van der Waals surface area contributed by atoms with Crippen molar-refractivity contribution in [3.8, 4) is 0 Å². The van der Waals surface area contributed by atoms with E-state index in [4.69, 9.17) is 5.73 Å². The Morgan fingerprint density at radius 3 is 2.93 bits per heavy atom. The molecule has 6 nitrogen and oxygen atoms in total. The molecule has 80 valence electrons. The summed E-state index contributed by atoms with van der Waals surface area (Å²) < 4.78 is 4.33. The van der Waals surface area contributed by atoms with Gasteiger partial charge in [0.2, 0.25) is 5.95 Å². The van der Waals surface area contributed by atoms with Gasteiger partial charge in [0.05, 0.1) is 0 Å². The molecule has 2 heterocycles. The molecule has 0 bridgehead atoms. The summed E-state index contributed by atoms with van der Waals surface area (Å²) >= 11 is 3.28. The van der Waals surface area contributed by atoms with Crippen molar-refractivity contribution in [2.45, 2.75) is 20.0 Å². The van der Waals surface area contributed by atoms with Crippen LogP contribution in [0.15, 0.2) is 17.1 Å². The van der Waals surface area contributed by atoms with E-state index in [0.717, 1.165) is 12.4 Å². The second kappa shape index (κ2) is 4.01. The van der Waals surface area contributed by atoms with Crippen LogP contribution in [-0.2, 0) is 13.1 Å². The quantitative estimate of drug-likeness (QED) is 0.899. The lowest BCUT2D eigenvalue weighted by atomic mass is 10.5. The third kappa shape index (κ3) is 2.01. The zero-order valence-electron chi connectivity index (χ0n) is 8.26. The van der Waals surface area contributed by atoms with Crippen molar-refractivity contribution in [1.82, 2.24) is 24.3 Å². The van der Waals surface area contributed by atoms with Gasteiger partial charge in [0.25, 0.3) is 0 Å². The number of hydrogen-bond donors (Lipinski definition) is 1. The molecule has 0 aliphatic heterocycles. The topological polar surface area (TPSA) is 74.5 Å². The van der Waals surface area contributed by atoms with Gasteiger partial charge < -0.3 is 10.3 Å². The number of aryl methyl sites for hydroxylation is 1. The van der Waals surface area contributed by atoms with Crippen molar-refractivity contribution in [2.75, 3.05) is 5.73 Å². The monoisotopic (exact) mass is 270 g/mol. The molecule has 0 aliphatic carbocycles. The van der Waals surface area contributed by atoms with Crippen LogP contribution in [0.4, 0.5) is 5.95 Å². The SMILES string of the molecule is CCn1ccnc1Cn1nc(N)nc1Br. The van der Waals surface area contributed by atoms with Gasteiger partial charge in [0.15, 0.2) is 4.73 Å². The third-order valence-corrected chi connectivity index (χ3v) is 2.66. The molecule has 0 amide bonds. The summed E-state index contributed by atoms with van der Waals surface area (Å²) in [6.45, 7) is 3.51. The minimum absolute atomic E-state index is 0.261. The van der Waals surface area contributed by atoms with E-state index in [1.54, 1.807) is 10.9 Å². The maximum atomic E-state index is 5.48. The number of halogens is 1. The lowest BCUT2D eigenvalue weighted by molar-refractivity contribution is 0.597. The standard InChI is InChI=1S/C8H11BrN6/c1-2-14-4-3-11-6(14)5-15-7(9)12-8(10)13-15/h3-4H,2,5H2,1H3,(H2,10,13). The summed E-state index contributed by atoms with van der Waals surface area (Å²) in [6, 6.07) is 0. The molecule has 0 spiro atoms. The van der Waals surface area contributed by atoms with Crippen molar-refractivity contribution in [2.24, 2.45) is 0 Å². The second-order valence-electron chi connectivity index (χ2n) is 3.03. The first-order valence-electron chi connectivity index (χ1n) is 4.56. The fourth-order valence-electron chi connectivity index (χ4n) is 1.35. The van der Waals surface area contributed by atoms with Gasteiger partial charge >= 0.3 is 0 Å². The summed E-state index contributed by atoms with van der Waals surface area (Å²) in [7, 11) is 0. The molecule has 0 aliphatic rings. The zero-order chi connectivity index (χ0) is 10.8. The van der Waals surface area contributed by atoms with E-state index in [0.29, 0.717) is 11.3 Å². The fraction of sp³-hybridized carbons (Fsp3) is 0.375. The number of imidazole rings is 1. The number of hydrogen-bond acceptors (Lipinski definition) is 4. The van der Waals surface area contributed by atoms with E-state index in [1.807, 2.05) is 10.8 Å². The number of anilines is 1. The Kier molecular flexibility index (Phi) is 2.72. The van der Waals surface area contributed by atoms with E-state index in [1.165, 1.54) is 0 Å². The largest absolute Gasteiger partial charge is 0.366 e. The van der Waals surface area contributed by atoms with E-state index >= 15 is 0 Å². The van der Waals surface area contributed by atoms with Crippen LogP contribution in [0.3, 0.4) is 0 Å².